The van der Waals surface area contributed by atoms with Crippen molar-refractivity contribution in [1.82, 2.24) is 19.8 Å². The summed E-state index contributed by atoms with van der Waals surface area (Å²) in [5.74, 6) is 2.01. The zero-order valence-electron chi connectivity index (χ0n) is 21.1. The van der Waals surface area contributed by atoms with Gasteiger partial charge in [0.1, 0.15) is 0 Å². The Morgan fingerprint density at radius 1 is 0.771 bits per heavy atom. The fourth-order valence-corrected chi connectivity index (χ4v) is 8.46. The van der Waals surface area contributed by atoms with Crippen molar-refractivity contribution in [2.75, 3.05) is 31.1 Å². The van der Waals surface area contributed by atoms with E-state index in [2.05, 4.69) is 43.9 Å². The second kappa shape index (κ2) is 9.19. The van der Waals surface area contributed by atoms with Crippen LogP contribution < -0.4 is 15.8 Å². The van der Waals surface area contributed by atoms with Gasteiger partial charge in [-0.3, -0.25) is 9.69 Å². The Kier molecular flexibility index (Phi) is 5.85. The zero-order valence-corrected chi connectivity index (χ0v) is 21.1. The van der Waals surface area contributed by atoms with Gasteiger partial charge in [0.2, 0.25) is 0 Å². The number of fused-ring (bicyclic) bond motifs is 4. The highest BCUT2D eigenvalue weighted by Gasteiger charge is 2.45. The van der Waals surface area contributed by atoms with E-state index in [0.29, 0.717) is 35.8 Å². The first-order valence-electron chi connectivity index (χ1n) is 14.5. The number of aromatic nitrogens is 2. The number of anilines is 1. The molecule has 2 aromatic rings. The molecule has 2 bridgehead atoms. The molecule has 4 saturated heterocycles. The maximum absolute atomic E-state index is 14.1. The molecule has 0 amide bonds. The molecule has 4 unspecified atom stereocenters. The molecule has 6 heteroatoms. The summed E-state index contributed by atoms with van der Waals surface area (Å²) in [4.78, 5) is 24.3. The van der Waals surface area contributed by atoms with Crippen molar-refractivity contribution in [1.29, 1.82) is 0 Å². The van der Waals surface area contributed by atoms with Gasteiger partial charge in [-0.2, -0.15) is 0 Å². The number of para-hydroxylation sites is 2. The highest BCUT2D eigenvalue weighted by Crippen LogP contribution is 2.44. The number of piperidine rings is 1. The van der Waals surface area contributed by atoms with Crippen LogP contribution in [0.25, 0.3) is 11.0 Å². The molecule has 0 spiro atoms. The lowest BCUT2D eigenvalue weighted by Crippen LogP contribution is -2.50. The monoisotopic (exact) mass is 475 g/mol. The van der Waals surface area contributed by atoms with Crippen molar-refractivity contribution >= 4 is 16.9 Å². The molecule has 5 atom stereocenters. The molecule has 7 rings (SSSR count). The van der Waals surface area contributed by atoms with E-state index in [1.165, 1.54) is 57.8 Å². The van der Waals surface area contributed by atoms with Gasteiger partial charge in [-0.25, -0.2) is 4.98 Å². The lowest BCUT2D eigenvalue weighted by Gasteiger charge is -2.45. The van der Waals surface area contributed by atoms with Crippen LogP contribution in [0.3, 0.4) is 0 Å². The van der Waals surface area contributed by atoms with Gasteiger partial charge in [-0.1, -0.05) is 44.2 Å². The standard InChI is InChI=1S/C29H41N5O/c35-29-28(32-18-20-16-30-17-21(20)19-32)31-26-10-6-7-11-27(26)34(29)25-14-23-12-13-24(15-25)33(23)22-8-4-2-1-3-5-9-22/h6-7,10-11,20-25,30H,1-5,8-9,12-19H2/t20?,21?,23-,24?,25?/m0/s1. The summed E-state index contributed by atoms with van der Waals surface area (Å²) in [5.41, 5.74) is 2.17. The fourth-order valence-electron chi connectivity index (χ4n) is 8.46. The minimum absolute atomic E-state index is 0.153. The molecule has 1 aromatic heterocycles. The SMILES string of the molecule is O=c1c(N2CC3CNCC3C2)nc2ccccc2n1C1CC2CC[C@@H](C1)N2C1CCCCCCC1. The van der Waals surface area contributed by atoms with E-state index in [0.717, 1.165) is 56.1 Å². The van der Waals surface area contributed by atoms with E-state index >= 15 is 0 Å². The molecule has 1 aromatic carbocycles. The second-order valence-corrected chi connectivity index (χ2v) is 12.1. The normalized spacial score (nSPS) is 34.3. The Morgan fingerprint density at radius 3 is 2.14 bits per heavy atom. The van der Waals surface area contributed by atoms with Gasteiger partial charge in [0.05, 0.1) is 11.0 Å². The lowest BCUT2D eigenvalue weighted by molar-refractivity contribution is 0.0498. The Labute approximate surface area is 209 Å². The van der Waals surface area contributed by atoms with Gasteiger partial charge in [0, 0.05) is 50.3 Å². The van der Waals surface area contributed by atoms with Crippen molar-refractivity contribution < 1.29 is 0 Å². The van der Waals surface area contributed by atoms with Crippen LogP contribution in [-0.2, 0) is 0 Å². The lowest BCUT2D eigenvalue weighted by atomic mass is 9.89. The van der Waals surface area contributed by atoms with E-state index in [4.69, 9.17) is 4.98 Å². The van der Waals surface area contributed by atoms with E-state index in [1.807, 2.05) is 0 Å². The summed E-state index contributed by atoms with van der Waals surface area (Å²) >= 11 is 0. The minimum Gasteiger partial charge on any atom is -0.351 e. The Bertz CT molecular complexity index is 1100. The van der Waals surface area contributed by atoms with Crippen LogP contribution in [0.5, 0.6) is 0 Å². The molecule has 0 radical (unpaired) electrons. The maximum atomic E-state index is 14.1. The molecular formula is C29H41N5O. The summed E-state index contributed by atoms with van der Waals surface area (Å²) in [6.07, 6.45) is 14.7. The van der Waals surface area contributed by atoms with Crippen molar-refractivity contribution in [3.05, 3.63) is 34.6 Å². The smallest absolute Gasteiger partial charge is 0.294 e. The van der Waals surface area contributed by atoms with Gasteiger partial charge in [-0.05, 0) is 62.5 Å². The van der Waals surface area contributed by atoms with Crippen LogP contribution >= 0.6 is 0 Å². The highest BCUT2D eigenvalue weighted by atomic mass is 16.1. The van der Waals surface area contributed by atoms with Crippen LogP contribution in [0.2, 0.25) is 0 Å². The molecule has 1 aliphatic carbocycles. The first-order chi connectivity index (χ1) is 17.3. The average Bonchev–Trinajstić information content (AvgIpc) is 3.51. The number of benzene rings is 1. The van der Waals surface area contributed by atoms with Crippen molar-refractivity contribution in [3.63, 3.8) is 0 Å². The van der Waals surface area contributed by atoms with Crippen molar-refractivity contribution in [3.8, 4) is 0 Å². The van der Waals surface area contributed by atoms with Crippen molar-refractivity contribution in [2.45, 2.75) is 94.8 Å². The Morgan fingerprint density at radius 2 is 1.43 bits per heavy atom. The number of nitrogens with zero attached hydrogens (tertiary/aromatic N) is 4. The summed E-state index contributed by atoms with van der Waals surface area (Å²) in [7, 11) is 0. The summed E-state index contributed by atoms with van der Waals surface area (Å²) in [5, 5.41) is 3.52. The van der Waals surface area contributed by atoms with Crippen LogP contribution in [0.1, 0.15) is 76.7 Å². The van der Waals surface area contributed by atoms with Gasteiger partial charge in [0.15, 0.2) is 5.82 Å². The van der Waals surface area contributed by atoms with Crippen LogP contribution in [-0.4, -0.2) is 58.8 Å². The molecule has 1 N–H and O–H groups in total. The third kappa shape index (κ3) is 3.92. The van der Waals surface area contributed by atoms with Gasteiger partial charge in [0.25, 0.3) is 5.56 Å². The first-order valence-corrected chi connectivity index (χ1v) is 14.5. The van der Waals surface area contributed by atoms with E-state index in [-0.39, 0.29) is 5.56 Å². The second-order valence-electron chi connectivity index (χ2n) is 12.1. The molecule has 5 fully saturated rings. The maximum Gasteiger partial charge on any atom is 0.294 e. The predicted molar refractivity (Wildman–Crippen MR) is 141 cm³/mol. The van der Waals surface area contributed by atoms with Crippen molar-refractivity contribution in [2.24, 2.45) is 11.8 Å². The number of rotatable bonds is 3. The highest BCUT2D eigenvalue weighted by molar-refractivity contribution is 5.76. The predicted octanol–water partition coefficient (Wildman–Crippen LogP) is 4.33. The van der Waals surface area contributed by atoms with Crippen LogP contribution in [0, 0.1) is 11.8 Å². The Balaban J connectivity index is 1.21. The molecule has 6 nitrogen and oxygen atoms in total. The largest absolute Gasteiger partial charge is 0.351 e. The van der Waals surface area contributed by atoms with Gasteiger partial charge in [-0.15, -0.1) is 0 Å². The molecule has 5 aliphatic rings. The number of hydrogen-bond donors (Lipinski definition) is 1. The summed E-state index contributed by atoms with van der Waals surface area (Å²) in [6.45, 7) is 4.07. The van der Waals surface area contributed by atoms with Gasteiger partial charge >= 0.3 is 0 Å². The minimum atomic E-state index is 0.153. The third-order valence-electron chi connectivity index (χ3n) is 10.1. The quantitative estimate of drug-likeness (QED) is 0.716. The van der Waals surface area contributed by atoms with Crippen LogP contribution in [0.4, 0.5) is 5.82 Å². The van der Waals surface area contributed by atoms with E-state index in [1.54, 1.807) is 0 Å². The number of nitrogens with one attached hydrogen (secondary N) is 1. The molecule has 188 valence electrons. The molecule has 35 heavy (non-hydrogen) atoms. The van der Waals surface area contributed by atoms with Crippen LogP contribution in [0.15, 0.2) is 29.1 Å². The topological polar surface area (TPSA) is 53.4 Å². The van der Waals surface area contributed by atoms with Gasteiger partial charge < -0.3 is 14.8 Å². The fraction of sp³-hybridized carbons (Fsp3) is 0.724. The van der Waals surface area contributed by atoms with E-state index < -0.39 is 0 Å². The Hall–Kier alpha value is -1.92. The average molecular weight is 476 g/mol. The molecule has 1 saturated carbocycles. The number of hydrogen-bond acceptors (Lipinski definition) is 5. The third-order valence-corrected chi connectivity index (χ3v) is 10.1. The summed E-state index contributed by atoms with van der Waals surface area (Å²) < 4.78 is 2.19. The molecular weight excluding hydrogens is 434 g/mol. The molecule has 5 heterocycles. The molecule has 4 aliphatic heterocycles. The summed E-state index contributed by atoms with van der Waals surface area (Å²) in [6, 6.07) is 10.7. The zero-order chi connectivity index (χ0) is 23.4. The van der Waals surface area contributed by atoms with E-state index in [9.17, 15) is 4.79 Å². The first kappa shape index (κ1) is 22.3.